The van der Waals surface area contributed by atoms with E-state index in [2.05, 4.69) is 56.4 Å². The first-order chi connectivity index (χ1) is 10.1. The zero-order valence-corrected chi connectivity index (χ0v) is 14.1. The molecule has 1 nitrogen and oxygen atoms in total. The average molecular weight is 296 g/mol. The minimum atomic E-state index is -1.70. The van der Waals surface area contributed by atoms with Crippen LogP contribution in [0.25, 0.3) is 0 Å². The Kier molecular flexibility index (Phi) is 5.15. The minimum Gasteiger partial charge on any atom is -0.388 e. The maximum Gasteiger partial charge on any atom is 0.107 e. The zero-order valence-electron chi connectivity index (χ0n) is 13.1. The van der Waals surface area contributed by atoms with Gasteiger partial charge in [0, 0.05) is 0 Å². The summed E-state index contributed by atoms with van der Waals surface area (Å²) in [5, 5.41) is 13.3. The summed E-state index contributed by atoms with van der Waals surface area (Å²) < 4.78 is 0. The molecular formula is C19H24OSi. The number of hydrogen-bond acceptors (Lipinski definition) is 1. The van der Waals surface area contributed by atoms with Crippen LogP contribution in [0.3, 0.4) is 0 Å². The molecular weight excluding hydrogens is 272 g/mol. The predicted molar refractivity (Wildman–Crippen MR) is 93.3 cm³/mol. The highest BCUT2D eigenvalue weighted by Gasteiger charge is 2.29. The summed E-state index contributed by atoms with van der Waals surface area (Å²) in [6, 6.07) is 20.6. The Morgan fingerprint density at radius 1 is 1.00 bits per heavy atom. The maximum atomic E-state index is 10.5. The Balaban J connectivity index is 2.21. The SMILES string of the molecule is C/C=C(/C[C@H](O)c1ccccc1)[Si](C)(C)c1ccccc1. The van der Waals surface area contributed by atoms with E-state index in [1.54, 1.807) is 0 Å². The van der Waals surface area contributed by atoms with E-state index < -0.39 is 14.2 Å². The Hall–Kier alpha value is -1.64. The molecule has 0 aliphatic heterocycles. The van der Waals surface area contributed by atoms with E-state index >= 15 is 0 Å². The van der Waals surface area contributed by atoms with E-state index in [4.69, 9.17) is 0 Å². The molecule has 2 heteroatoms. The molecule has 0 radical (unpaired) electrons. The summed E-state index contributed by atoms with van der Waals surface area (Å²) in [6.45, 7) is 6.80. The number of aliphatic hydroxyl groups excluding tert-OH is 1. The van der Waals surface area contributed by atoms with Gasteiger partial charge in [0.05, 0.1) is 6.10 Å². The van der Waals surface area contributed by atoms with Gasteiger partial charge in [0.1, 0.15) is 8.07 Å². The van der Waals surface area contributed by atoms with Crippen LogP contribution >= 0.6 is 0 Å². The lowest BCUT2D eigenvalue weighted by molar-refractivity contribution is 0.180. The molecule has 2 rings (SSSR count). The van der Waals surface area contributed by atoms with Crippen molar-refractivity contribution in [1.29, 1.82) is 0 Å². The van der Waals surface area contributed by atoms with Crippen LogP contribution in [0.2, 0.25) is 13.1 Å². The van der Waals surface area contributed by atoms with E-state index in [0.29, 0.717) is 6.42 Å². The van der Waals surface area contributed by atoms with Crippen LogP contribution in [0.15, 0.2) is 71.9 Å². The standard InChI is InChI=1S/C19H24OSi/c1-4-17(15-19(20)16-11-7-5-8-12-16)21(2,3)18-13-9-6-10-14-18/h4-14,19-20H,15H2,1-3H3/b17-4-/t19-/m0/s1. The number of rotatable bonds is 5. The lowest BCUT2D eigenvalue weighted by atomic mass is 10.1. The smallest absolute Gasteiger partial charge is 0.107 e. The Bertz CT molecular complexity index is 587. The summed E-state index contributed by atoms with van der Waals surface area (Å²) in [7, 11) is -1.70. The highest BCUT2D eigenvalue weighted by Crippen LogP contribution is 2.27. The second-order valence-electron chi connectivity index (χ2n) is 5.94. The van der Waals surface area contributed by atoms with Crippen molar-refractivity contribution in [1.82, 2.24) is 0 Å². The molecule has 0 amide bonds. The van der Waals surface area contributed by atoms with Crippen LogP contribution in [0.1, 0.15) is 25.0 Å². The molecule has 2 aromatic rings. The lowest BCUT2D eigenvalue weighted by Crippen LogP contribution is -2.44. The topological polar surface area (TPSA) is 20.2 Å². The third-order valence-corrected chi connectivity index (χ3v) is 8.12. The number of aliphatic hydroxyl groups is 1. The number of benzene rings is 2. The molecule has 21 heavy (non-hydrogen) atoms. The first kappa shape index (κ1) is 15.7. The molecule has 1 N–H and O–H groups in total. The molecule has 110 valence electrons. The summed E-state index contributed by atoms with van der Waals surface area (Å²) in [6.07, 6.45) is 2.49. The van der Waals surface area contributed by atoms with Crippen LogP contribution in [-0.2, 0) is 0 Å². The predicted octanol–water partition coefficient (Wildman–Crippen LogP) is 4.21. The van der Waals surface area contributed by atoms with E-state index in [-0.39, 0.29) is 0 Å². The van der Waals surface area contributed by atoms with Crippen LogP contribution in [0.5, 0.6) is 0 Å². The molecule has 2 aromatic carbocycles. The molecule has 0 aliphatic rings. The zero-order chi connectivity index (χ0) is 15.3. The normalized spacial score (nSPS) is 14.0. The molecule has 0 heterocycles. The van der Waals surface area contributed by atoms with Crippen LogP contribution in [0.4, 0.5) is 0 Å². The van der Waals surface area contributed by atoms with Crippen molar-refractivity contribution in [3.63, 3.8) is 0 Å². The first-order valence-corrected chi connectivity index (χ1v) is 10.5. The number of hydrogen-bond donors (Lipinski definition) is 1. The maximum absolute atomic E-state index is 10.5. The Morgan fingerprint density at radius 2 is 1.52 bits per heavy atom. The van der Waals surface area contributed by atoms with E-state index in [1.807, 2.05) is 30.3 Å². The fourth-order valence-corrected chi connectivity index (χ4v) is 5.60. The van der Waals surface area contributed by atoms with Crippen molar-refractivity contribution in [2.45, 2.75) is 32.5 Å². The van der Waals surface area contributed by atoms with Gasteiger partial charge in [-0.3, -0.25) is 0 Å². The van der Waals surface area contributed by atoms with Crippen molar-refractivity contribution in [3.8, 4) is 0 Å². The largest absolute Gasteiger partial charge is 0.388 e. The fraction of sp³-hybridized carbons (Fsp3) is 0.263. The van der Waals surface area contributed by atoms with Gasteiger partial charge in [-0.1, -0.05) is 90.2 Å². The third-order valence-electron chi connectivity index (χ3n) is 4.24. The molecule has 0 aromatic heterocycles. The molecule has 0 saturated carbocycles. The average Bonchev–Trinajstić information content (AvgIpc) is 2.53. The monoisotopic (exact) mass is 296 g/mol. The summed E-state index contributed by atoms with van der Waals surface area (Å²) in [5.41, 5.74) is 0.995. The van der Waals surface area contributed by atoms with E-state index in [0.717, 1.165) is 5.56 Å². The number of allylic oxidation sites excluding steroid dienone is 1. The highest BCUT2D eigenvalue weighted by molar-refractivity contribution is 6.95. The van der Waals surface area contributed by atoms with Gasteiger partial charge in [0.15, 0.2) is 0 Å². The van der Waals surface area contributed by atoms with Crippen molar-refractivity contribution < 1.29 is 5.11 Å². The quantitative estimate of drug-likeness (QED) is 0.819. The van der Waals surface area contributed by atoms with Gasteiger partial charge in [-0.2, -0.15) is 0 Å². The fourth-order valence-electron chi connectivity index (χ4n) is 2.78. The van der Waals surface area contributed by atoms with Gasteiger partial charge < -0.3 is 5.11 Å². The summed E-state index contributed by atoms with van der Waals surface area (Å²) in [4.78, 5) is 0. The Morgan fingerprint density at radius 3 is 2.05 bits per heavy atom. The molecule has 0 aliphatic carbocycles. The van der Waals surface area contributed by atoms with Crippen molar-refractivity contribution >= 4 is 13.3 Å². The van der Waals surface area contributed by atoms with E-state index in [9.17, 15) is 5.11 Å². The van der Waals surface area contributed by atoms with Gasteiger partial charge in [-0.15, -0.1) is 0 Å². The van der Waals surface area contributed by atoms with Gasteiger partial charge in [0.2, 0.25) is 0 Å². The third kappa shape index (κ3) is 3.72. The van der Waals surface area contributed by atoms with Gasteiger partial charge in [-0.25, -0.2) is 0 Å². The van der Waals surface area contributed by atoms with Crippen LogP contribution in [-0.4, -0.2) is 13.2 Å². The van der Waals surface area contributed by atoms with E-state index in [1.165, 1.54) is 10.4 Å². The second kappa shape index (κ2) is 6.88. The van der Waals surface area contributed by atoms with Crippen molar-refractivity contribution in [2.75, 3.05) is 0 Å². The molecule has 0 unspecified atom stereocenters. The summed E-state index contributed by atoms with van der Waals surface area (Å²) in [5.74, 6) is 0. The van der Waals surface area contributed by atoms with Crippen LogP contribution < -0.4 is 5.19 Å². The molecule has 0 spiro atoms. The van der Waals surface area contributed by atoms with Crippen LogP contribution in [0, 0.1) is 0 Å². The first-order valence-electron chi connectivity index (χ1n) is 7.50. The molecule has 1 atom stereocenters. The summed E-state index contributed by atoms with van der Waals surface area (Å²) >= 11 is 0. The molecule has 0 saturated heterocycles. The Labute approximate surface area is 129 Å². The second-order valence-corrected chi connectivity index (χ2v) is 10.4. The lowest BCUT2D eigenvalue weighted by Gasteiger charge is -2.28. The molecule has 0 fully saturated rings. The van der Waals surface area contributed by atoms with Gasteiger partial charge in [-0.05, 0) is 18.9 Å². The van der Waals surface area contributed by atoms with Gasteiger partial charge >= 0.3 is 0 Å². The van der Waals surface area contributed by atoms with Crippen molar-refractivity contribution in [2.24, 2.45) is 0 Å². The minimum absolute atomic E-state index is 0.423. The van der Waals surface area contributed by atoms with Crippen molar-refractivity contribution in [3.05, 3.63) is 77.5 Å². The van der Waals surface area contributed by atoms with Gasteiger partial charge in [0.25, 0.3) is 0 Å². The molecule has 0 bridgehead atoms. The highest BCUT2D eigenvalue weighted by atomic mass is 28.3.